The molecule has 3 aliphatic heterocycles. The summed E-state index contributed by atoms with van der Waals surface area (Å²) in [6.45, 7) is 10.8. The summed E-state index contributed by atoms with van der Waals surface area (Å²) < 4.78 is -0.559. The van der Waals surface area contributed by atoms with Gasteiger partial charge in [0.15, 0.2) is 0 Å². The quantitative estimate of drug-likeness (QED) is 0.559. The first-order valence-electron chi connectivity index (χ1n) is 11.0. The lowest BCUT2D eigenvalue weighted by molar-refractivity contribution is -0.140. The van der Waals surface area contributed by atoms with Gasteiger partial charge in [0, 0.05) is 31.0 Å². The van der Waals surface area contributed by atoms with E-state index in [0.717, 1.165) is 19.3 Å². The standard InChI is InChI=1S/C22H37N3O4S/c1-20(2,3)12-21(4,5)24-18(28)16-22-9-8-13(30-22)14(17(27)23-6)15(22)19(29)25(16)10-7-11-26/h13-16,26H,7-12H2,1-6H3,(H,23,27)(H,24,28)/t13-,14+,15+,16?,22?/m1/s1. The summed E-state index contributed by atoms with van der Waals surface area (Å²) in [4.78, 5) is 41.4. The molecule has 3 N–H and O–H groups in total. The number of nitrogens with one attached hydrogen (secondary N) is 2. The Labute approximate surface area is 184 Å². The maximum atomic E-state index is 13.7. The van der Waals surface area contributed by atoms with Crippen molar-refractivity contribution >= 4 is 29.5 Å². The lowest BCUT2D eigenvalue weighted by Crippen LogP contribution is -2.58. The molecule has 3 rings (SSSR count). The van der Waals surface area contributed by atoms with Crippen LogP contribution in [0.3, 0.4) is 0 Å². The molecule has 8 heteroatoms. The monoisotopic (exact) mass is 439 g/mol. The highest BCUT2D eigenvalue weighted by atomic mass is 32.2. The first-order valence-corrected chi connectivity index (χ1v) is 11.9. The van der Waals surface area contributed by atoms with Crippen molar-refractivity contribution in [3.05, 3.63) is 0 Å². The van der Waals surface area contributed by atoms with Crippen molar-refractivity contribution in [3.8, 4) is 0 Å². The van der Waals surface area contributed by atoms with Crippen LogP contribution in [0.1, 0.15) is 60.3 Å². The van der Waals surface area contributed by atoms with Gasteiger partial charge in [-0.2, -0.15) is 0 Å². The normalized spacial score (nSPS) is 33.0. The lowest BCUT2D eigenvalue weighted by atomic mass is 9.70. The molecule has 0 saturated carbocycles. The van der Waals surface area contributed by atoms with Gasteiger partial charge in [0.05, 0.1) is 16.6 Å². The molecule has 0 aromatic rings. The van der Waals surface area contributed by atoms with Crippen molar-refractivity contribution in [2.75, 3.05) is 20.2 Å². The smallest absolute Gasteiger partial charge is 0.244 e. The van der Waals surface area contributed by atoms with E-state index in [1.165, 1.54) is 0 Å². The Morgan fingerprint density at radius 1 is 1.23 bits per heavy atom. The molecule has 2 unspecified atom stereocenters. The maximum absolute atomic E-state index is 13.7. The zero-order valence-electron chi connectivity index (χ0n) is 19.1. The molecule has 3 aliphatic rings. The average molecular weight is 440 g/mol. The number of nitrogens with zero attached hydrogens (tertiary/aromatic N) is 1. The van der Waals surface area contributed by atoms with Crippen LogP contribution in [-0.2, 0) is 14.4 Å². The van der Waals surface area contributed by atoms with Crippen LogP contribution in [0, 0.1) is 17.3 Å². The minimum absolute atomic E-state index is 0.0417. The zero-order valence-corrected chi connectivity index (χ0v) is 19.9. The molecular formula is C22H37N3O4S. The highest BCUT2D eigenvalue weighted by Gasteiger charge is 2.73. The Morgan fingerprint density at radius 3 is 2.47 bits per heavy atom. The summed E-state index contributed by atoms with van der Waals surface area (Å²) in [5, 5.41) is 15.4. The van der Waals surface area contributed by atoms with Crippen molar-refractivity contribution in [1.29, 1.82) is 0 Å². The molecule has 7 nitrogen and oxygen atoms in total. The molecule has 0 radical (unpaired) electrons. The number of aliphatic hydroxyl groups is 1. The van der Waals surface area contributed by atoms with Gasteiger partial charge in [0.1, 0.15) is 6.04 Å². The van der Waals surface area contributed by atoms with Gasteiger partial charge in [-0.15, -0.1) is 11.8 Å². The van der Waals surface area contributed by atoms with E-state index in [4.69, 9.17) is 0 Å². The number of hydrogen-bond acceptors (Lipinski definition) is 5. The van der Waals surface area contributed by atoms with Gasteiger partial charge in [-0.25, -0.2) is 0 Å². The molecule has 0 aromatic heterocycles. The second kappa shape index (κ2) is 8.01. The number of fused-ring (bicyclic) bond motifs is 1. The summed E-state index contributed by atoms with van der Waals surface area (Å²) in [5.41, 5.74) is -0.373. The fourth-order valence-corrected chi connectivity index (χ4v) is 8.39. The third kappa shape index (κ3) is 3.97. The van der Waals surface area contributed by atoms with E-state index in [2.05, 4.69) is 31.4 Å². The number of amides is 3. The van der Waals surface area contributed by atoms with Crippen molar-refractivity contribution in [2.24, 2.45) is 17.3 Å². The number of likely N-dealkylation sites (tertiary alicyclic amines) is 1. The fourth-order valence-electron chi connectivity index (χ4n) is 6.17. The summed E-state index contributed by atoms with van der Waals surface area (Å²) in [5.74, 6) is -1.22. The highest BCUT2D eigenvalue weighted by Crippen LogP contribution is 2.66. The van der Waals surface area contributed by atoms with Crippen LogP contribution < -0.4 is 10.6 Å². The minimum Gasteiger partial charge on any atom is -0.396 e. The average Bonchev–Trinajstić information content (AvgIpc) is 3.24. The second-order valence-electron chi connectivity index (χ2n) is 10.9. The first kappa shape index (κ1) is 23.4. The molecule has 5 atom stereocenters. The molecule has 2 bridgehead atoms. The minimum atomic E-state index is -0.606. The van der Waals surface area contributed by atoms with E-state index in [9.17, 15) is 19.5 Å². The van der Waals surface area contributed by atoms with Gasteiger partial charge in [0.2, 0.25) is 17.7 Å². The maximum Gasteiger partial charge on any atom is 0.244 e. The number of hydrogen-bond donors (Lipinski definition) is 3. The van der Waals surface area contributed by atoms with Gasteiger partial charge in [-0.1, -0.05) is 20.8 Å². The van der Waals surface area contributed by atoms with Gasteiger partial charge in [-0.3, -0.25) is 14.4 Å². The van der Waals surface area contributed by atoms with E-state index < -0.39 is 28.2 Å². The number of carbonyl (C=O) groups is 3. The third-order valence-electron chi connectivity index (χ3n) is 6.59. The van der Waals surface area contributed by atoms with Gasteiger partial charge >= 0.3 is 0 Å². The molecule has 30 heavy (non-hydrogen) atoms. The first-order chi connectivity index (χ1) is 13.9. The predicted octanol–water partition coefficient (Wildman–Crippen LogP) is 1.54. The van der Waals surface area contributed by atoms with E-state index in [1.54, 1.807) is 23.7 Å². The predicted molar refractivity (Wildman–Crippen MR) is 118 cm³/mol. The van der Waals surface area contributed by atoms with Gasteiger partial charge in [0.25, 0.3) is 0 Å². The number of rotatable bonds is 7. The Kier molecular flexibility index (Phi) is 6.24. The van der Waals surface area contributed by atoms with Crippen molar-refractivity contribution < 1.29 is 19.5 Å². The van der Waals surface area contributed by atoms with Crippen molar-refractivity contribution in [2.45, 2.75) is 81.9 Å². The van der Waals surface area contributed by atoms with Crippen LogP contribution in [0.4, 0.5) is 0 Å². The Morgan fingerprint density at radius 2 is 1.90 bits per heavy atom. The summed E-state index contributed by atoms with van der Waals surface area (Å²) >= 11 is 1.67. The number of aliphatic hydroxyl groups excluding tert-OH is 1. The van der Waals surface area contributed by atoms with Crippen LogP contribution in [0.5, 0.6) is 0 Å². The van der Waals surface area contributed by atoms with E-state index >= 15 is 0 Å². The van der Waals surface area contributed by atoms with Crippen molar-refractivity contribution in [1.82, 2.24) is 15.5 Å². The highest BCUT2D eigenvalue weighted by molar-refractivity contribution is 8.02. The molecule has 1 spiro atoms. The van der Waals surface area contributed by atoms with Crippen LogP contribution in [0.25, 0.3) is 0 Å². The molecule has 170 valence electrons. The molecule has 3 fully saturated rings. The van der Waals surface area contributed by atoms with E-state index in [1.807, 2.05) is 13.8 Å². The van der Waals surface area contributed by atoms with Gasteiger partial charge < -0.3 is 20.6 Å². The Balaban J connectivity index is 1.93. The molecule has 3 saturated heterocycles. The lowest BCUT2D eigenvalue weighted by Gasteiger charge is -2.38. The van der Waals surface area contributed by atoms with Crippen LogP contribution >= 0.6 is 11.8 Å². The molecule has 3 amide bonds. The van der Waals surface area contributed by atoms with E-state index in [0.29, 0.717) is 13.0 Å². The largest absolute Gasteiger partial charge is 0.396 e. The summed E-state index contributed by atoms with van der Waals surface area (Å²) in [6, 6.07) is -0.606. The SMILES string of the molecule is CNC(=O)[C@@H]1[C@H]2C(=O)N(CCCO)C(C(=O)NC(C)(C)CC(C)(C)C)C23CC[C@H]1S3. The van der Waals surface area contributed by atoms with Crippen LogP contribution in [0.15, 0.2) is 0 Å². The summed E-state index contributed by atoms with van der Waals surface area (Å²) in [6.07, 6.45) is 2.83. The third-order valence-corrected chi connectivity index (χ3v) is 8.54. The summed E-state index contributed by atoms with van der Waals surface area (Å²) in [7, 11) is 1.60. The number of thioether (sulfide) groups is 1. The molecule has 3 heterocycles. The van der Waals surface area contributed by atoms with Crippen LogP contribution in [-0.4, -0.2) is 69.5 Å². The van der Waals surface area contributed by atoms with Gasteiger partial charge in [-0.05, 0) is 44.9 Å². The number of carbonyl (C=O) groups excluding carboxylic acids is 3. The Bertz CT molecular complexity index is 720. The second-order valence-corrected chi connectivity index (χ2v) is 12.5. The Hall–Kier alpha value is -1.28. The fraction of sp³-hybridized carbons (Fsp3) is 0.864. The molecule has 0 aliphatic carbocycles. The van der Waals surface area contributed by atoms with E-state index in [-0.39, 0.29) is 35.0 Å². The van der Waals surface area contributed by atoms with Crippen LogP contribution in [0.2, 0.25) is 0 Å². The topological polar surface area (TPSA) is 98.7 Å². The molecular weight excluding hydrogens is 402 g/mol. The molecule has 0 aromatic carbocycles. The van der Waals surface area contributed by atoms with Crippen molar-refractivity contribution in [3.63, 3.8) is 0 Å². The zero-order chi connectivity index (χ0) is 22.5.